The number of esters is 2. The SMILES string of the molecule is CCCCCCCCCCCCCCCCCC(=O)OCC1(COC(=O)CCCCCCCCCCCCCCCCC)CN=C(CCCCCCCCCCCCCCCCC)O1. The highest BCUT2D eigenvalue weighted by Gasteiger charge is 2.41. The molecular formula is C58H111NO5. The first kappa shape index (κ1) is 60.4. The molecule has 0 aromatic heterocycles. The van der Waals surface area contributed by atoms with E-state index in [4.69, 9.17) is 19.2 Å². The van der Waals surface area contributed by atoms with Crippen LogP contribution in [-0.2, 0) is 23.8 Å². The van der Waals surface area contributed by atoms with Gasteiger partial charge < -0.3 is 14.2 Å². The van der Waals surface area contributed by atoms with Gasteiger partial charge in [-0.1, -0.05) is 290 Å². The van der Waals surface area contributed by atoms with Gasteiger partial charge in [0.2, 0.25) is 0 Å². The molecule has 0 aromatic rings. The summed E-state index contributed by atoms with van der Waals surface area (Å²) in [5, 5.41) is 0. The number of ether oxygens (including phenoxy) is 3. The van der Waals surface area contributed by atoms with E-state index in [-0.39, 0.29) is 25.2 Å². The third-order valence-electron chi connectivity index (χ3n) is 13.8. The summed E-state index contributed by atoms with van der Waals surface area (Å²) in [4.78, 5) is 30.5. The molecule has 6 nitrogen and oxygen atoms in total. The Labute approximate surface area is 399 Å². The topological polar surface area (TPSA) is 74.2 Å². The van der Waals surface area contributed by atoms with E-state index < -0.39 is 5.60 Å². The van der Waals surface area contributed by atoms with Gasteiger partial charge >= 0.3 is 11.9 Å². The Hall–Kier alpha value is -1.59. The molecule has 0 saturated heterocycles. The molecule has 378 valence electrons. The Kier molecular flexibility index (Phi) is 45.2. The van der Waals surface area contributed by atoms with Gasteiger partial charge in [0.25, 0.3) is 0 Å². The molecule has 1 heterocycles. The molecule has 0 fully saturated rings. The highest BCUT2D eigenvalue weighted by Crippen LogP contribution is 2.25. The van der Waals surface area contributed by atoms with Crippen LogP contribution in [0.5, 0.6) is 0 Å². The lowest BCUT2D eigenvalue weighted by Crippen LogP contribution is -2.44. The fourth-order valence-electron chi connectivity index (χ4n) is 9.37. The van der Waals surface area contributed by atoms with Crippen molar-refractivity contribution in [3.8, 4) is 0 Å². The van der Waals surface area contributed by atoms with Crippen LogP contribution in [0.4, 0.5) is 0 Å². The summed E-state index contributed by atoms with van der Waals surface area (Å²) in [6, 6.07) is 0. The van der Waals surface area contributed by atoms with Crippen LogP contribution < -0.4 is 0 Å². The minimum absolute atomic E-state index is 0.0860. The second-order valence-corrected chi connectivity index (χ2v) is 20.4. The standard InChI is InChI=1S/C58H111NO5/c1-4-7-10-13-16-19-22-25-28-31-34-37-40-43-46-49-55-59-52-58(64-55,53-62-56(60)50-47-44-41-38-35-32-29-26-23-20-17-14-11-8-5-2)54-63-57(61)51-48-45-42-39-36-33-30-27-24-21-18-15-12-9-6-3/h4-54H2,1-3H3. The predicted molar refractivity (Wildman–Crippen MR) is 277 cm³/mol. The van der Waals surface area contributed by atoms with Gasteiger partial charge in [0.05, 0.1) is 6.54 Å². The van der Waals surface area contributed by atoms with E-state index in [0.29, 0.717) is 19.4 Å². The first-order valence-electron chi connectivity index (χ1n) is 29.1. The van der Waals surface area contributed by atoms with Crippen LogP contribution in [0.3, 0.4) is 0 Å². The molecule has 1 aliphatic rings. The highest BCUT2D eigenvalue weighted by atomic mass is 16.6. The van der Waals surface area contributed by atoms with Crippen molar-refractivity contribution in [2.45, 2.75) is 335 Å². The molecule has 6 heteroatoms. The maximum absolute atomic E-state index is 12.9. The van der Waals surface area contributed by atoms with Crippen LogP contribution in [-0.4, -0.2) is 43.2 Å². The maximum Gasteiger partial charge on any atom is 0.305 e. The first-order valence-corrected chi connectivity index (χ1v) is 29.1. The van der Waals surface area contributed by atoms with Crippen molar-refractivity contribution in [3.05, 3.63) is 0 Å². The normalized spacial score (nSPS) is 13.3. The molecule has 1 rings (SSSR count). The van der Waals surface area contributed by atoms with Crippen LogP contribution in [0.1, 0.15) is 329 Å². The number of aliphatic imine (C=N–C) groups is 1. The average molecular weight is 903 g/mol. The predicted octanol–water partition coefficient (Wildman–Crippen LogP) is 19.0. The van der Waals surface area contributed by atoms with Crippen LogP contribution >= 0.6 is 0 Å². The summed E-state index contributed by atoms with van der Waals surface area (Å²) < 4.78 is 18.1. The van der Waals surface area contributed by atoms with Gasteiger partial charge in [-0.15, -0.1) is 0 Å². The zero-order valence-corrected chi connectivity index (χ0v) is 43.6. The van der Waals surface area contributed by atoms with Gasteiger partial charge in [-0.2, -0.15) is 0 Å². The number of unbranched alkanes of at least 4 members (excludes halogenated alkanes) is 42. The van der Waals surface area contributed by atoms with Crippen molar-refractivity contribution in [1.82, 2.24) is 0 Å². The summed E-state index contributed by atoms with van der Waals surface area (Å²) in [6.45, 7) is 7.40. The minimum Gasteiger partial charge on any atom is -0.465 e. The summed E-state index contributed by atoms with van der Waals surface area (Å²) in [5.74, 6) is 0.363. The van der Waals surface area contributed by atoms with Crippen molar-refractivity contribution < 1.29 is 23.8 Å². The second kappa shape index (κ2) is 47.9. The molecule has 0 bridgehead atoms. The largest absolute Gasteiger partial charge is 0.465 e. The maximum atomic E-state index is 12.9. The first-order chi connectivity index (χ1) is 31.5. The number of hydrogen-bond donors (Lipinski definition) is 0. The number of nitrogens with zero attached hydrogens (tertiary/aromatic N) is 1. The lowest BCUT2D eigenvalue weighted by molar-refractivity contribution is -0.158. The van der Waals surface area contributed by atoms with Gasteiger partial charge in [0, 0.05) is 19.3 Å². The molecule has 0 spiro atoms. The van der Waals surface area contributed by atoms with E-state index in [9.17, 15) is 9.59 Å². The van der Waals surface area contributed by atoms with Gasteiger partial charge in [0.1, 0.15) is 13.2 Å². The van der Waals surface area contributed by atoms with Crippen molar-refractivity contribution in [1.29, 1.82) is 0 Å². The molecule has 0 unspecified atom stereocenters. The molecule has 0 amide bonds. The van der Waals surface area contributed by atoms with Gasteiger partial charge in [-0.3, -0.25) is 14.6 Å². The fourth-order valence-corrected chi connectivity index (χ4v) is 9.37. The number of rotatable bonds is 52. The Morgan fingerprint density at radius 3 is 0.875 bits per heavy atom. The number of carbonyl (C=O) groups excluding carboxylic acids is 2. The zero-order valence-electron chi connectivity index (χ0n) is 43.6. The van der Waals surface area contributed by atoms with Crippen molar-refractivity contribution in [3.63, 3.8) is 0 Å². The lowest BCUT2D eigenvalue weighted by atomic mass is 10.0. The molecule has 0 aromatic carbocycles. The molecule has 0 radical (unpaired) electrons. The van der Waals surface area contributed by atoms with Crippen molar-refractivity contribution in [2.75, 3.05) is 19.8 Å². The molecule has 0 saturated carbocycles. The molecular weight excluding hydrogens is 791 g/mol. The van der Waals surface area contributed by atoms with E-state index in [1.54, 1.807) is 0 Å². The monoisotopic (exact) mass is 902 g/mol. The Morgan fingerprint density at radius 1 is 0.375 bits per heavy atom. The minimum atomic E-state index is -0.903. The van der Waals surface area contributed by atoms with Gasteiger partial charge in [0.15, 0.2) is 11.5 Å². The van der Waals surface area contributed by atoms with Crippen LogP contribution in [0.2, 0.25) is 0 Å². The third kappa shape index (κ3) is 40.7. The molecule has 0 aliphatic carbocycles. The highest BCUT2D eigenvalue weighted by molar-refractivity contribution is 5.78. The van der Waals surface area contributed by atoms with Crippen LogP contribution in [0.15, 0.2) is 4.99 Å². The van der Waals surface area contributed by atoms with E-state index in [1.807, 2.05) is 0 Å². The second-order valence-electron chi connectivity index (χ2n) is 20.4. The van der Waals surface area contributed by atoms with Crippen LogP contribution in [0.25, 0.3) is 0 Å². The number of carbonyl (C=O) groups is 2. The summed E-state index contributed by atoms with van der Waals surface area (Å²) in [7, 11) is 0. The molecule has 0 atom stereocenters. The average Bonchev–Trinajstić information content (AvgIpc) is 3.71. The lowest BCUT2D eigenvalue weighted by Gasteiger charge is -2.27. The van der Waals surface area contributed by atoms with Crippen molar-refractivity contribution >= 4 is 17.8 Å². The van der Waals surface area contributed by atoms with E-state index >= 15 is 0 Å². The Bertz CT molecular complexity index is 978. The summed E-state index contributed by atoms with van der Waals surface area (Å²) in [6.07, 6.45) is 60.8. The van der Waals surface area contributed by atoms with E-state index in [2.05, 4.69) is 20.8 Å². The summed E-state index contributed by atoms with van der Waals surface area (Å²) in [5.41, 5.74) is -0.903. The molecule has 64 heavy (non-hydrogen) atoms. The van der Waals surface area contributed by atoms with E-state index in [1.165, 1.54) is 257 Å². The van der Waals surface area contributed by atoms with Gasteiger partial charge in [-0.25, -0.2) is 0 Å². The van der Waals surface area contributed by atoms with E-state index in [0.717, 1.165) is 44.4 Å². The van der Waals surface area contributed by atoms with Crippen molar-refractivity contribution in [2.24, 2.45) is 4.99 Å². The quantitative estimate of drug-likeness (QED) is 0.0449. The fraction of sp³-hybridized carbons (Fsp3) is 0.948. The number of hydrogen-bond acceptors (Lipinski definition) is 6. The van der Waals surface area contributed by atoms with Gasteiger partial charge in [-0.05, 0) is 19.3 Å². The molecule has 1 aliphatic heterocycles. The molecule has 0 N–H and O–H groups in total. The Balaban J connectivity index is 2.30. The van der Waals surface area contributed by atoms with Crippen LogP contribution in [0, 0.1) is 0 Å². The smallest absolute Gasteiger partial charge is 0.305 e. The summed E-state index contributed by atoms with van der Waals surface area (Å²) >= 11 is 0. The third-order valence-corrected chi connectivity index (χ3v) is 13.8. The Morgan fingerprint density at radius 2 is 0.609 bits per heavy atom. The zero-order chi connectivity index (χ0) is 46.1.